The van der Waals surface area contributed by atoms with Crippen LogP contribution in [0.5, 0.6) is 0 Å². The fourth-order valence-electron chi connectivity index (χ4n) is 2.84. The van der Waals surface area contributed by atoms with Crippen LogP contribution in [0.25, 0.3) is 0 Å². The van der Waals surface area contributed by atoms with Gasteiger partial charge in [0, 0.05) is 18.8 Å². The van der Waals surface area contributed by atoms with Crippen LogP contribution < -0.4 is 10.5 Å². The number of nitrogen functional groups attached to an aromatic ring is 1. The van der Waals surface area contributed by atoms with Gasteiger partial charge < -0.3 is 5.73 Å². The molecule has 2 atom stereocenters. The topological polar surface area (TPSA) is 90.0 Å². The van der Waals surface area contributed by atoms with E-state index in [0.717, 1.165) is 25.7 Å². The molecule has 0 aliphatic heterocycles. The highest BCUT2D eigenvalue weighted by Crippen LogP contribution is 2.28. The molecule has 0 radical (unpaired) electrons. The van der Waals surface area contributed by atoms with E-state index in [1.54, 1.807) is 4.68 Å². The first-order valence-electron chi connectivity index (χ1n) is 7.31. The minimum absolute atomic E-state index is 0.0167. The van der Waals surface area contributed by atoms with Crippen molar-refractivity contribution in [3.8, 4) is 0 Å². The molecule has 1 heterocycles. The molecule has 1 aliphatic carbocycles. The van der Waals surface area contributed by atoms with Gasteiger partial charge >= 0.3 is 0 Å². The zero-order chi connectivity index (χ0) is 14.8. The third kappa shape index (κ3) is 3.32. The van der Waals surface area contributed by atoms with E-state index in [-0.39, 0.29) is 16.8 Å². The molecule has 0 bridgehead atoms. The second kappa shape index (κ2) is 6.13. The third-order valence-corrected chi connectivity index (χ3v) is 5.59. The summed E-state index contributed by atoms with van der Waals surface area (Å²) < 4.78 is 29.1. The third-order valence-electron chi connectivity index (χ3n) is 4.05. The average Bonchev–Trinajstić information content (AvgIpc) is 2.80. The lowest BCUT2D eigenvalue weighted by atomic mass is 9.85. The summed E-state index contributed by atoms with van der Waals surface area (Å²) in [6.07, 6.45) is 6.70. The molecule has 20 heavy (non-hydrogen) atoms. The van der Waals surface area contributed by atoms with E-state index in [1.807, 2.05) is 6.92 Å². The molecular formula is C13H24N4O2S. The monoisotopic (exact) mass is 300 g/mol. The summed E-state index contributed by atoms with van der Waals surface area (Å²) in [5.74, 6) is 0.689. The van der Waals surface area contributed by atoms with Crippen LogP contribution in [0.1, 0.15) is 46.0 Å². The van der Waals surface area contributed by atoms with E-state index in [2.05, 4.69) is 16.7 Å². The predicted octanol–water partition coefficient (Wildman–Crippen LogP) is 1.73. The summed E-state index contributed by atoms with van der Waals surface area (Å²) in [5, 5.41) is 3.99. The van der Waals surface area contributed by atoms with Gasteiger partial charge in [0.25, 0.3) is 0 Å². The Morgan fingerprint density at radius 1 is 1.45 bits per heavy atom. The molecule has 6 nitrogen and oxygen atoms in total. The molecule has 3 N–H and O–H groups in total. The zero-order valence-electron chi connectivity index (χ0n) is 12.2. The normalized spacial score (nSPS) is 23.9. The number of hydrogen-bond acceptors (Lipinski definition) is 4. The van der Waals surface area contributed by atoms with Crippen LogP contribution in [0.2, 0.25) is 0 Å². The van der Waals surface area contributed by atoms with E-state index in [4.69, 9.17) is 5.73 Å². The van der Waals surface area contributed by atoms with Crippen molar-refractivity contribution in [2.45, 2.75) is 63.4 Å². The molecular weight excluding hydrogens is 276 g/mol. The van der Waals surface area contributed by atoms with Crippen molar-refractivity contribution in [1.82, 2.24) is 14.5 Å². The molecule has 1 fully saturated rings. The van der Waals surface area contributed by atoms with E-state index in [0.29, 0.717) is 12.5 Å². The smallest absolute Gasteiger partial charge is 0.246 e. The number of nitrogens with two attached hydrogens (primary N) is 1. The molecule has 1 aromatic rings. The summed E-state index contributed by atoms with van der Waals surface area (Å²) in [6.45, 7) is 4.65. The Labute approximate surface area is 120 Å². The van der Waals surface area contributed by atoms with Gasteiger partial charge in [-0.2, -0.15) is 5.10 Å². The first kappa shape index (κ1) is 15.3. The van der Waals surface area contributed by atoms with Crippen molar-refractivity contribution < 1.29 is 8.42 Å². The maximum atomic E-state index is 12.4. The highest BCUT2D eigenvalue weighted by molar-refractivity contribution is 7.89. The Balaban J connectivity index is 2.12. The minimum atomic E-state index is -3.57. The van der Waals surface area contributed by atoms with Crippen LogP contribution in [0.15, 0.2) is 11.1 Å². The number of nitrogens with one attached hydrogen (secondary N) is 1. The molecule has 2 unspecified atom stereocenters. The van der Waals surface area contributed by atoms with Crippen molar-refractivity contribution >= 4 is 15.8 Å². The predicted molar refractivity (Wildman–Crippen MR) is 78.7 cm³/mol. The van der Waals surface area contributed by atoms with E-state index < -0.39 is 10.0 Å². The van der Waals surface area contributed by atoms with Crippen LogP contribution in [0, 0.1) is 5.92 Å². The van der Waals surface area contributed by atoms with Crippen LogP contribution >= 0.6 is 0 Å². The summed E-state index contributed by atoms with van der Waals surface area (Å²) in [7, 11) is -3.57. The Morgan fingerprint density at radius 2 is 2.20 bits per heavy atom. The van der Waals surface area contributed by atoms with Gasteiger partial charge in [0.05, 0.1) is 0 Å². The molecule has 1 aliphatic rings. The first-order valence-corrected chi connectivity index (χ1v) is 8.79. The number of hydrogen-bond donors (Lipinski definition) is 2. The number of aromatic nitrogens is 2. The molecule has 0 amide bonds. The van der Waals surface area contributed by atoms with Gasteiger partial charge in [-0.05, 0) is 25.7 Å². The number of nitrogens with zero attached hydrogens (tertiary/aromatic N) is 2. The standard InChI is InChI=1S/C13H24N4O2S/c1-3-10-6-5-7-11(8-10)16-20(18,19)12-9-17(4-2)15-13(12)14/h9-11,16H,3-8H2,1-2H3,(H2,14,15). The van der Waals surface area contributed by atoms with Gasteiger partial charge in [-0.25, -0.2) is 13.1 Å². The number of rotatable bonds is 5. The lowest BCUT2D eigenvalue weighted by molar-refractivity contribution is 0.301. The van der Waals surface area contributed by atoms with Crippen molar-refractivity contribution in [1.29, 1.82) is 0 Å². The van der Waals surface area contributed by atoms with Gasteiger partial charge in [0.1, 0.15) is 4.90 Å². The van der Waals surface area contributed by atoms with Gasteiger partial charge in [0.15, 0.2) is 5.82 Å². The molecule has 7 heteroatoms. The van der Waals surface area contributed by atoms with Crippen LogP contribution in [0.3, 0.4) is 0 Å². The van der Waals surface area contributed by atoms with E-state index in [9.17, 15) is 8.42 Å². The fourth-order valence-corrected chi connectivity index (χ4v) is 4.20. The molecule has 0 aromatic carbocycles. The SMILES string of the molecule is CCC1CCCC(NS(=O)(=O)c2cn(CC)nc2N)C1. The minimum Gasteiger partial charge on any atom is -0.381 e. The Bertz CT molecular complexity index is 553. The summed E-state index contributed by atoms with van der Waals surface area (Å²) in [5.41, 5.74) is 5.71. The highest BCUT2D eigenvalue weighted by Gasteiger charge is 2.28. The molecule has 0 spiro atoms. The number of aryl methyl sites for hydroxylation is 1. The van der Waals surface area contributed by atoms with Gasteiger partial charge in [-0.1, -0.05) is 26.2 Å². The summed E-state index contributed by atoms with van der Waals surface area (Å²) in [4.78, 5) is 0.0953. The quantitative estimate of drug-likeness (QED) is 0.866. The number of sulfonamides is 1. The van der Waals surface area contributed by atoms with Gasteiger partial charge in [-0.15, -0.1) is 0 Å². The van der Waals surface area contributed by atoms with Crippen molar-refractivity contribution in [2.24, 2.45) is 5.92 Å². The van der Waals surface area contributed by atoms with Crippen molar-refractivity contribution in [3.05, 3.63) is 6.20 Å². The molecule has 114 valence electrons. The lowest BCUT2D eigenvalue weighted by Crippen LogP contribution is -2.38. The summed E-state index contributed by atoms with van der Waals surface area (Å²) in [6, 6.07) is 0.0167. The number of anilines is 1. The van der Waals surface area contributed by atoms with Crippen molar-refractivity contribution in [3.63, 3.8) is 0 Å². The zero-order valence-corrected chi connectivity index (χ0v) is 13.0. The fraction of sp³-hybridized carbons (Fsp3) is 0.769. The average molecular weight is 300 g/mol. The molecule has 1 aromatic heterocycles. The molecule has 1 saturated carbocycles. The Hall–Kier alpha value is -1.08. The van der Waals surface area contributed by atoms with Crippen LogP contribution in [-0.4, -0.2) is 24.2 Å². The second-order valence-electron chi connectivity index (χ2n) is 5.49. The van der Waals surface area contributed by atoms with Crippen LogP contribution in [-0.2, 0) is 16.6 Å². The van der Waals surface area contributed by atoms with Gasteiger partial charge in [0.2, 0.25) is 10.0 Å². The molecule has 0 saturated heterocycles. The van der Waals surface area contributed by atoms with E-state index >= 15 is 0 Å². The second-order valence-corrected chi connectivity index (χ2v) is 7.18. The maximum Gasteiger partial charge on any atom is 0.246 e. The van der Waals surface area contributed by atoms with Crippen LogP contribution in [0.4, 0.5) is 5.82 Å². The maximum absolute atomic E-state index is 12.4. The summed E-state index contributed by atoms with van der Waals surface area (Å²) >= 11 is 0. The van der Waals surface area contributed by atoms with Crippen molar-refractivity contribution in [2.75, 3.05) is 5.73 Å². The van der Waals surface area contributed by atoms with E-state index in [1.165, 1.54) is 12.6 Å². The Kier molecular flexibility index (Phi) is 4.70. The lowest BCUT2D eigenvalue weighted by Gasteiger charge is -2.28. The Morgan fingerprint density at radius 3 is 2.80 bits per heavy atom. The first-order chi connectivity index (χ1) is 9.46. The molecule has 2 rings (SSSR count). The largest absolute Gasteiger partial charge is 0.381 e. The highest BCUT2D eigenvalue weighted by atomic mass is 32.2. The van der Waals surface area contributed by atoms with Gasteiger partial charge in [-0.3, -0.25) is 4.68 Å².